The maximum absolute atomic E-state index is 13.3. The number of anilines is 1. The van der Waals surface area contributed by atoms with Crippen molar-refractivity contribution >= 4 is 57.6 Å². The van der Waals surface area contributed by atoms with Gasteiger partial charge in [0.15, 0.2) is 0 Å². The predicted molar refractivity (Wildman–Crippen MR) is 125 cm³/mol. The number of halogens is 1. The summed E-state index contributed by atoms with van der Waals surface area (Å²) >= 11 is 7.19. The third-order valence-electron chi connectivity index (χ3n) is 4.62. The summed E-state index contributed by atoms with van der Waals surface area (Å²) in [4.78, 5) is 32.7. The molecule has 0 aliphatic carbocycles. The number of benzene rings is 2. The zero-order valence-corrected chi connectivity index (χ0v) is 18.8. The van der Waals surface area contributed by atoms with Crippen molar-refractivity contribution < 1.29 is 14.3 Å². The number of nitriles is 1. The van der Waals surface area contributed by atoms with Crippen LogP contribution in [0.3, 0.4) is 0 Å². The van der Waals surface area contributed by atoms with Crippen LogP contribution in [-0.4, -0.2) is 37.5 Å². The van der Waals surface area contributed by atoms with Crippen molar-refractivity contribution in [1.82, 2.24) is 0 Å². The first-order valence-corrected chi connectivity index (χ1v) is 10.7. The molecule has 0 spiro atoms. The molecule has 0 saturated carbocycles. The highest BCUT2D eigenvalue weighted by molar-refractivity contribution is 8.19. The number of rotatable bonds is 5. The van der Waals surface area contributed by atoms with E-state index < -0.39 is 17.2 Å². The Morgan fingerprint density at radius 1 is 1.26 bits per heavy atom. The topological polar surface area (TPSA) is 82.8 Å². The highest BCUT2D eigenvalue weighted by atomic mass is 35.5. The molecule has 3 rings (SSSR count). The second kappa shape index (κ2) is 9.38. The van der Waals surface area contributed by atoms with E-state index in [4.69, 9.17) is 16.3 Å². The number of hydrogen-bond donors (Lipinski definition) is 0. The molecule has 0 N–H and O–H groups in total. The van der Waals surface area contributed by atoms with Gasteiger partial charge in [-0.3, -0.25) is 4.79 Å². The van der Waals surface area contributed by atoms with E-state index in [1.807, 2.05) is 49.3 Å². The van der Waals surface area contributed by atoms with Gasteiger partial charge in [-0.1, -0.05) is 47.6 Å². The maximum atomic E-state index is 13.3. The quantitative estimate of drug-likeness (QED) is 0.365. The van der Waals surface area contributed by atoms with E-state index in [-0.39, 0.29) is 16.6 Å². The van der Waals surface area contributed by atoms with Crippen LogP contribution < -0.4 is 4.90 Å². The fraction of sp³-hybridized carbons (Fsp3) is 0.217. The molecular weight excluding hydrogens is 434 g/mol. The van der Waals surface area contributed by atoms with Crippen LogP contribution in [0.1, 0.15) is 12.5 Å². The van der Waals surface area contributed by atoms with Gasteiger partial charge in [0.25, 0.3) is 5.41 Å². The van der Waals surface area contributed by atoms with E-state index in [2.05, 4.69) is 4.99 Å². The lowest BCUT2D eigenvalue weighted by molar-refractivity contribution is -0.150. The number of allylic oxidation sites excluding steroid dienone is 1. The van der Waals surface area contributed by atoms with E-state index in [1.54, 1.807) is 37.3 Å². The Hall–Kier alpha value is -3.08. The number of Topliss-reactive ketones (excluding diaryl/α,β-unsaturated/α-hetero) is 1. The normalized spacial score (nSPS) is 20.7. The number of thioether (sulfide) groups is 1. The molecule has 1 aliphatic heterocycles. The molecule has 0 amide bonds. The van der Waals surface area contributed by atoms with Gasteiger partial charge in [0, 0.05) is 19.8 Å². The van der Waals surface area contributed by atoms with Gasteiger partial charge in [-0.25, -0.2) is 9.79 Å². The highest BCUT2D eigenvalue weighted by Crippen LogP contribution is 2.46. The Labute approximate surface area is 190 Å². The molecule has 1 heterocycles. The van der Waals surface area contributed by atoms with Crippen molar-refractivity contribution in [3.05, 3.63) is 64.0 Å². The van der Waals surface area contributed by atoms with Crippen molar-refractivity contribution in [3.8, 4) is 6.07 Å². The summed E-state index contributed by atoms with van der Waals surface area (Å²) in [6.07, 6.45) is 1.65. The third-order valence-corrected chi connectivity index (χ3v) is 6.06. The molecule has 31 heavy (non-hydrogen) atoms. The fourth-order valence-electron chi connectivity index (χ4n) is 2.95. The van der Waals surface area contributed by atoms with Crippen LogP contribution in [0.15, 0.2) is 58.4 Å². The molecule has 6 nitrogen and oxygen atoms in total. The summed E-state index contributed by atoms with van der Waals surface area (Å²) in [5.41, 5.74) is -0.0301. The average Bonchev–Trinajstić information content (AvgIpc) is 3.01. The summed E-state index contributed by atoms with van der Waals surface area (Å²) in [6, 6.07) is 16.2. The van der Waals surface area contributed by atoms with Crippen LogP contribution in [0.4, 0.5) is 11.4 Å². The Bertz CT molecular complexity index is 1120. The maximum Gasteiger partial charge on any atom is 0.341 e. The van der Waals surface area contributed by atoms with Crippen molar-refractivity contribution in [3.63, 3.8) is 0 Å². The second-order valence-corrected chi connectivity index (χ2v) is 8.31. The second-order valence-electron chi connectivity index (χ2n) is 6.88. The minimum Gasteiger partial charge on any atom is -0.464 e. The van der Waals surface area contributed by atoms with Gasteiger partial charge >= 0.3 is 5.97 Å². The van der Waals surface area contributed by atoms with Crippen LogP contribution >= 0.6 is 23.4 Å². The first-order valence-electron chi connectivity index (χ1n) is 9.47. The Balaban J connectivity index is 2.11. The smallest absolute Gasteiger partial charge is 0.341 e. The third kappa shape index (κ3) is 4.36. The molecular formula is C23H20ClN3O3S. The van der Waals surface area contributed by atoms with E-state index in [0.29, 0.717) is 10.7 Å². The van der Waals surface area contributed by atoms with Crippen LogP contribution in [0, 0.1) is 16.7 Å². The Morgan fingerprint density at radius 2 is 1.94 bits per heavy atom. The van der Waals surface area contributed by atoms with Gasteiger partial charge in [0.05, 0.1) is 28.3 Å². The highest BCUT2D eigenvalue weighted by Gasteiger charge is 2.59. The predicted octanol–water partition coefficient (Wildman–Crippen LogP) is 4.87. The number of ether oxygens (including phenoxy) is 1. The number of esters is 1. The standard InChI is InChI=1S/C23H20ClN3O3S/c1-4-30-22(29)23(14-25)20(28)19(13-15-9-11-16(12-10-15)27(2)3)31-21(23)26-18-8-6-5-7-17(18)24/h5-13H,4H2,1-3H3/b19-13+,26-21?. The van der Waals surface area contributed by atoms with Gasteiger partial charge < -0.3 is 9.64 Å². The van der Waals surface area contributed by atoms with Gasteiger partial charge in [-0.05, 0) is 42.8 Å². The molecule has 2 aromatic carbocycles. The fourth-order valence-corrected chi connectivity index (χ4v) is 4.29. The molecule has 0 aromatic heterocycles. The lowest BCUT2D eigenvalue weighted by Crippen LogP contribution is -2.41. The molecule has 1 saturated heterocycles. The summed E-state index contributed by atoms with van der Waals surface area (Å²) in [5.74, 6) is -1.59. The van der Waals surface area contributed by atoms with Crippen molar-refractivity contribution in [2.24, 2.45) is 10.4 Å². The van der Waals surface area contributed by atoms with Gasteiger partial charge in [0.1, 0.15) is 5.04 Å². The number of carbonyl (C=O) groups excluding carboxylic acids is 2. The largest absolute Gasteiger partial charge is 0.464 e. The summed E-state index contributed by atoms with van der Waals surface area (Å²) < 4.78 is 5.09. The van der Waals surface area contributed by atoms with Crippen LogP contribution in [0.5, 0.6) is 0 Å². The minimum absolute atomic E-state index is 0.0303. The van der Waals surface area contributed by atoms with Gasteiger partial charge in [-0.2, -0.15) is 5.26 Å². The van der Waals surface area contributed by atoms with Crippen LogP contribution in [0.25, 0.3) is 6.08 Å². The molecule has 8 heteroatoms. The molecule has 1 aliphatic rings. The van der Waals surface area contributed by atoms with Crippen molar-refractivity contribution in [2.75, 3.05) is 25.6 Å². The zero-order chi connectivity index (χ0) is 22.6. The van der Waals surface area contributed by atoms with Crippen LogP contribution in [-0.2, 0) is 14.3 Å². The minimum atomic E-state index is -2.16. The average molecular weight is 454 g/mol. The zero-order valence-electron chi connectivity index (χ0n) is 17.3. The van der Waals surface area contributed by atoms with E-state index in [0.717, 1.165) is 23.0 Å². The monoisotopic (exact) mass is 453 g/mol. The number of ketones is 1. The Kier molecular flexibility index (Phi) is 6.84. The number of nitrogens with zero attached hydrogens (tertiary/aromatic N) is 3. The van der Waals surface area contributed by atoms with Gasteiger partial charge in [-0.15, -0.1) is 0 Å². The molecule has 2 aromatic rings. The molecule has 1 unspecified atom stereocenters. The summed E-state index contributed by atoms with van der Waals surface area (Å²) in [6.45, 7) is 1.65. The van der Waals surface area contributed by atoms with Gasteiger partial charge in [0.2, 0.25) is 5.78 Å². The molecule has 1 fully saturated rings. The molecule has 0 radical (unpaired) electrons. The van der Waals surface area contributed by atoms with Crippen molar-refractivity contribution in [2.45, 2.75) is 6.92 Å². The molecule has 158 valence electrons. The van der Waals surface area contributed by atoms with Crippen molar-refractivity contribution in [1.29, 1.82) is 5.26 Å². The van der Waals surface area contributed by atoms with E-state index in [1.165, 1.54) is 0 Å². The molecule has 0 bridgehead atoms. The van der Waals surface area contributed by atoms with E-state index in [9.17, 15) is 14.9 Å². The molecule has 1 atom stereocenters. The summed E-state index contributed by atoms with van der Waals surface area (Å²) in [5, 5.41) is 10.3. The SMILES string of the molecule is CCOC(=O)C1(C#N)C(=O)/C(=C\c2ccc(N(C)C)cc2)SC1=Nc1ccccc1Cl. The first kappa shape index (κ1) is 22.6. The number of hydrogen-bond acceptors (Lipinski definition) is 7. The van der Waals surface area contributed by atoms with E-state index >= 15 is 0 Å². The number of carbonyl (C=O) groups is 2. The lowest BCUT2D eigenvalue weighted by atomic mass is 9.85. The number of para-hydroxylation sites is 1. The lowest BCUT2D eigenvalue weighted by Gasteiger charge is -2.16. The summed E-state index contributed by atoms with van der Waals surface area (Å²) in [7, 11) is 3.86. The number of aliphatic imine (C=N–C) groups is 1. The Morgan fingerprint density at radius 3 is 2.52 bits per heavy atom. The first-order chi connectivity index (χ1) is 14.8. The van der Waals surface area contributed by atoms with Crippen LogP contribution in [0.2, 0.25) is 5.02 Å².